The van der Waals surface area contributed by atoms with Gasteiger partial charge in [0.15, 0.2) is 0 Å². The molecule has 64 valence electrons. The van der Waals surface area contributed by atoms with Crippen LogP contribution in [-0.2, 0) is 9.59 Å². The van der Waals surface area contributed by atoms with E-state index in [-0.39, 0.29) is 11.7 Å². The fourth-order valence-corrected chi connectivity index (χ4v) is 1.15. The Bertz CT molecular complexity index is 126. The third-order valence-corrected chi connectivity index (χ3v) is 1.95. The van der Waals surface area contributed by atoms with Crippen LogP contribution in [-0.4, -0.2) is 12.1 Å². The van der Waals surface area contributed by atoms with E-state index in [2.05, 4.69) is 0 Å². The molecule has 0 fully saturated rings. The second-order valence-corrected chi connectivity index (χ2v) is 2.69. The zero-order valence-corrected chi connectivity index (χ0v) is 7.30. The van der Waals surface area contributed by atoms with E-state index in [0.717, 1.165) is 19.1 Å². The molecule has 0 unspecified atom stereocenters. The van der Waals surface area contributed by atoms with Crippen LogP contribution in [0.15, 0.2) is 0 Å². The van der Waals surface area contributed by atoms with E-state index >= 15 is 0 Å². The van der Waals surface area contributed by atoms with Crippen LogP contribution in [0.2, 0.25) is 0 Å². The fourth-order valence-electron chi connectivity index (χ4n) is 1.15. The van der Waals surface area contributed by atoms with Gasteiger partial charge >= 0.3 is 0 Å². The standard InChI is InChI=1S/C9H16O2/c1-3-8(4-2)9(11)6-5-7-10/h7-8H,3-6H2,1-2H3. The Morgan fingerprint density at radius 1 is 1.36 bits per heavy atom. The normalized spacial score (nSPS) is 10.1. The molecule has 0 radical (unpaired) electrons. The van der Waals surface area contributed by atoms with Gasteiger partial charge in [0.05, 0.1) is 0 Å². The molecule has 2 nitrogen and oxygen atoms in total. The minimum Gasteiger partial charge on any atom is -0.303 e. The van der Waals surface area contributed by atoms with E-state index in [1.54, 1.807) is 0 Å². The van der Waals surface area contributed by atoms with Crippen molar-refractivity contribution >= 4 is 12.1 Å². The van der Waals surface area contributed by atoms with Gasteiger partial charge in [-0.05, 0) is 12.8 Å². The van der Waals surface area contributed by atoms with Crippen molar-refractivity contribution in [1.82, 2.24) is 0 Å². The fraction of sp³-hybridized carbons (Fsp3) is 0.778. The quantitative estimate of drug-likeness (QED) is 0.551. The minimum absolute atomic E-state index is 0.176. The molecule has 0 amide bonds. The van der Waals surface area contributed by atoms with E-state index in [9.17, 15) is 9.59 Å². The summed E-state index contributed by atoms with van der Waals surface area (Å²) in [5, 5.41) is 0. The van der Waals surface area contributed by atoms with Gasteiger partial charge in [0, 0.05) is 18.8 Å². The molecule has 0 saturated carbocycles. The van der Waals surface area contributed by atoms with Crippen molar-refractivity contribution in [2.45, 2.75) is 39.5 Å². The molecule has 0 heterocycles. The maximum atomic E-state index is 11.2. The van der Waals surface area contributed by atoms with Gasteiger partial charge in [-0.1, -0.05) is 13.8 Å². The lowest BCUT2D eigenvalue weighted by Crippen LogP contribution is -2.12. The molecule has 0 aliphatic rings. The number of aldehydes is 1. The first-order valence-corrected chi connectivity index (χ1v) is 4.22. The van der Waals surface area contributed by atoms with Crippen LogP contribution in [0.4, 0.5) is 0 Å². The van der Waals surface area contributed by atoms with E-state index in [1.165, 1.54) is 0 Å². The Labute approximate surface area is 68.0 Å². The first-order chi connectivity index (χ1) is 5.26. The van der Waals surface area contributed by atoms with E-state index in [4.69, 9.17) is 0 Å². The minimum atomic E-state index is 0.176. The average molecular weight is 156 g/mol. The summed E-state index contributed by atoms with van der Waals surface area (Å²) in [4.78, 5) is 21.2. The molecule has 2 heteroatoms. The summed E-state index contributed by atoms with van der Waals surface area (Å²) < 4.78 is 0. The summed E-state index contributed by atoms with van der Waals surface area (Å²) in [6.45, 7) is 4.01. The zero-order valence-electron chi connectivity index (χ0n) is 7.30. The summed E-state index contributed by atoms with van der Waals surface area (Å²) in [5.74, 6) is 0.414. The molecule has 0 N–H and O–H groups in total. The second-order valence-electron chi connectivity index (χ2n) is 2.69. The zero-order chi connectivity index (χ0) is 8.69. The highest BCUT2D eigenvalue weighted by molar-refractivity contribution is 5.82. The van der Waals surface area contributed by atoms with Crippen molar-refractivity contribution in [3.63, 3.8) is 0 Å². The summed E-state index contributed by atoms with van der Waals surface area (Å²) in [6.07, 6.45) is 3.41. The molecule has 0 rings (SSSR count). The van der Waals surface area contributed by atoms with Gasteiger partial charge in [0.25, 0.3) is 0 Å². The lowest BCUT2D eigenvalue weighted by atomic mass is 9.95. The van der Waals surface area contributed by atoms with Gasteiger partial charge in [-0.2, -0.15) is 0 Å². The number of ketones is 1. The monoisotopic (exact) mass is 156 g/mol. The van der Waals surface area contributed by atoms with Crippen LogP contribution in [0, 0.1) is 5.92 Å². The van der Waals surface area contributed by atoms with Gasteiger partial charge in [0.1, 0.15) is 12.1 Å². The van der Waals surface area contributed by atoms with Gasteiger partial charge in [-0.25, -0.2) is 0 Å². The number of carbonyl (C=O) groups excluding carboxylic acids is 2. The highest BCUT2D eigenvalue weighted by Crippen LogP contribution is 2.11. The molecule has 0 bridgehead atoms. The Morgan fingerprint density at radius 2 is 1.91 bits per heavy atom. The number of rotatable bonds is 6. The molecular weight excluding hydrogens is 140 g/mol. The molecule has 0 aromatic rings. The molecule has 0 aliphatic carbocycles. The second kappa shape index (κ2) is 6.08. The third-order valence-electron chi connectivity index (χ3n) is 1.95. The van der Waals surface area contributed by atoms with Crippen molar-refractivity contribution in [3.05, 3.63) is 0 Å². The Kier molecular flexibility index (Phi) is 5.71. The van der Waals surface area contributed by atoms with Crippen LogP contribution < -0.4 is 0 Å². The maximum absolute atomic E-state index is 11.2. The lowest BCUT2D eigenvalue weighted by Gasteiger charge is -2.08. The average Bonchev–Trinajstić information content (AvgIpc) is 2.03. The van der Waals surface area contributed by atoms with Crippen LogP contribution in [0.5, 0.6) is 0 Å². The summed E-state index contributed by atoms with van der Waals surface area (Å²) in [7, 11) is 0. The van der Waals surface area contributed by atoms with Crippen LogP contribution >= 0.6 is 0 Å². The smallest absolute Gasteiger partial charge is 0.136 e. The Morgan fingerprint density at radius 3 is 2.27 bits per heavy atom. The first kappa shape index (κ1) is 10.3. The molecule has 0 spiro atoms. The van der Waals surface area contributed by atoms with E-state index in [0.29, 0.717) is 12.8 Å². The van der Waals surface area contributed by atoms with Crippen molar-refractivity contribution in [2.75, 3.05) is 0 Å². The SMILES string of the molecule is CCC(CC)C(=O)CCC=O. The molecule has 0 aliphatic heterocycles. The number of Topliss-reactive ketones (excluding diaryl/α,β-unsaturated/α-hetero) is 1. The molecule has 0 aromatic carbocycles. The predicted molar refractivity (Wildman–Crippen MR) is 44.4 cm³/mol. The highest BCUT2D eigenvalue weighted by atomic mass is 16.1. The Balaban J connectivity index is 3.69. The van der Waals surface area contributed by atoms with Crippen LogP contribution in [0.3, 0.4) is 0 Å². The molecule has 0 saturated heterocycles. The number of carbonyl (C=O) groups is 2. The summed E-state index contributed by atoms with van der Waals surface area (Å²) in [6, 6.07) is 0. The largest absolute Gasteiger partial charge is 0.303 e. The van der Waals surface area contributed by atoms with Crippen molar-refractivity contribution < 1.29 is 9.59 Å². The highest BCUT2D eigenvalue weighted by Gasteiger charge is 2.12. The van der Waals surface area contributed by atoms with Gasteiger partial charge < -0.3 is 4.79 Å². The van der Waals surface area contributed by atoms with Crippen molar-refractivity contribution in [2.24, 2.45) is 5.92 Å². The van der Waals surface area contributed by atoms with Gasteiger partial charge in [0.2, 0.25) is 0 Å². The molecule has 11 heavy (non-hydrogen) atoms. The Hall–Kier alpha value is -0.660. The summed E-state index contributed by atoms with van der Waals surface area (Å²) >= 11 is 0. The van der Waals surface area contributed by atoms with Crippen LogP contribution in [0.25, 0.3) is 0 Å². The first-order valence-electron chi connectivity index (χ1n) is 4.22. The van der Waals surface area contributed by atoms with Gasteiger partial charge in [-0.3, -0.25) is 4.79 Å². The van der Waals surface area contributed by atoms with Crippen LogP contribution in [0.1, 0.15) is 39.5 Å². The molecule has 0 aromatic heterocycles. The topological polar surface area (TPSA) is 34.1 Å². The van der Waals surface area contributed by atoms with E-state index < -0.39 is 0 Å². The number of hydrogen-bond acceptors (Lipinski definition) is 2. The predicted octanol–water partition coefficient (Wildman–Crippen LogP) is 1.97. The number of hydrogen-bond donors (Lipinski definition) is 0. The van der Waals surface area contributed by atoms with Gasteiger partial charge in [-0.15, -0.1) is 0 Å². The lowest BCUT2D eigenvalue weighted by molar-refractivity contribution is -0.124. The molecular formula is C9H16O2. The third kappa shape index (κ3) is 3.91. The van der Waals surface area contributed by atoms with E-state index in [1.807, 2.05) is 13.8 Å². The van der Waals surface area contributed by atoms with Crippen molar-refractivity contribution in [3.8, 4) is 0 Å². The maximum Gasteiger partial charge on any atom is 0.136 e. The molecule has 0 atom stereocenters. The van der Waals surface area contributed by atoms with Crippen molar-refractivity contribution in [1.29, 1.82) is 0 Å². The summed E-state index contributed by atoms with van der Waals surface area (Å²) in [5.41, 5.74) is 0.